The van der Waals surface area contributed by atoms with Crippen molar-refractivity contribution >= 4 is 11.7 Å². The van der Waals surface area contributed by atoms with Crippen molar-refractivity contribution < 1.29 is 9.59 Å². The van der Waals surface area contributed by atoms with E-state index in [1.165, 1.54) is 18.4 Å². The quantitative estimate of drug-likeness (QED) is 0.715. The summed E-state index contributed by atoms with van der Waals surface area (Å²) in [7, 11) is 0. The van der Waals surface area contributed by atoms with Gasteiger partial charge in [0.05, 0.1) is 0 Å². The largest absolute Gasteiger partial charge is 0.352 e. The molecule has 0 aromatic heterocycles. The molecule has 0 heterocycles. The Morgan fingerprint density at radius 1 is 0.960 bits per heavy atom. The molecule has 3 heteroatoms. The number of ketones is 1. The Balaban J connectivity index is 1.46. The van der Waals surface area contributed by atoms with E-state index in [-0.39, 0.29) is 11.7 Å². The van der Waals surface area contributed by atoms with Crippen molar-refractivity contribution in [2.24, 2.45) is 0 Å². The minimum absolute atomic E-state index is 0.00705. The van der Waals surface area contributed by atoms with Gasteiger partial charge < -0.3 is 5.32 Å². The number of carbonyl (C=O) groups excluding carboxylic acids is 2. The molecule has 0 bridgehead atoms. The highest BCUT2D eigenvalue weighted by Crippen LogP contribution is 2.36. The lowest BCUT2D eigenvalue weighted by molar-refractivity contribution is 0.0954. The molecule has 2 aliphatic rings. The first-order valence-corrected chi connectivity index (χ1v) is 8.98. The number of nitrogens with one attached hydrogen (secondary N) is 1. The Labute approximate surface area is 147 Å². The molecule has 2 aromatic rings. The van der Waals surface area contributed by atoms with Gasteiger partial charge in [0.25, 0.3) is 5.91 Å². The van der Waals surface area contributed by atoms with Gasteiger partial charge in [0, 0.05) is 23.2 Å². The summed E-state index contributed by atoms with van der Waals surface area (Å²) in [6.07, 6.45) is 8.08. The molecule has 0 fully saturated rings. The zero-order valence-electron chi connectivity index (χ0n) is 14.2. The van der Waals surface area contributed by atoms with Crippen molar-refractivity contribution in [3.05, 3.63) is 70.8 Å². The van der Waals surface area contributed by atoms with Gasteiger partial charge in [-0.2, -0.15) is 0 Å². The van der Waals surface area contributed by atoms with Crippen LogP contribution in [0.4, 0.5) is 0 Å². The maximum atomic E-state index is 12.5. The van der Waals surface area contributed by atoms with Crippen LogP contribution in [0.2, 0.25) is 0 Å². The number of carbonyl (C=O) groups is 2. The minimum Gasteiger partial charge on any atom is -0.352 e. The van der Waals surface area contributed by atoms with E-state index in [0.29, 0.717) is 17.7 Å². The molecule has 25 heavy (non-hydrogen) atoms. The van der Waals surface area contributed by atoms with E-state index in [1.54, 1.807) is 6.07 Å². The van der Waals surface area contributed by atoms with Crippen LogP contribution in [0.3, 0.4) is 0 Å². The highest BCUT2D eigenvalue weighted by atomic mass is 16.1. The molecule has 2 aromatic carbocycles. The summed E-state index contributed by atoms with van der Waals surface area (Å²) in [6, 6.07) is 13.0. The number of benzene rings is 2. The Hall–Kier alpha value is -2.68. The zero-order valence-corrected chi connectivity index (χ0v) is 14.2. The number of hydrogen-bond acceptors (Lipinski definition) is 2. The third-order valence-electron chi connectivity index (χ3n) is 5.10. The number of fused-ring (bicyclic) bond motifs is 3. The van der Waals surface area contributed by atoms with Crippen molar-refractivity contribution in [1.82, 2.24) is 5.32 Å². The molecule has 1 N–H and O–H groups in total. The second-order valence-corrected chi connectivity index (χ2v) is 6.75. The van der Waals surface area contributed by atoms with Crippen LogP contribution >= 0.6 is 0 Å². The molecule has 0 spiro atoms. The first-order valence-electron chi connectivity index (χ1n) is 8.98. The van der Waals surface area contributed by atoms with Crippen LogP contribution in [-0.4, -0.2) is 18.2 Å². The van der Waals surface area contributed by atoms with Crippen molar-refractivity contribution in [2.75, 3.05) is 6.54 Å². The average molecular weight is 331 g/mol. The molecular weight excluding hydrogens is 310 g/mol. The summed E-state index contributed by atoms with van der Waals surface area (Å²) in [5.41, 5.74) is 5.23. The van der Waals surface area contributed by atoms with E-state index in [4.69, 9.17) is 0 Å². The fourth-order valence-electron chi connectivity index (χ4n) is 3.74. The SMILES string of the molecule is O=C(NCCC1=CCCCC1)c1ccc2c(c1)C(=O)c1ccccc1-2. The third kappa shape index (κ3) is 3.02. The van der Waals surface area contributed by atoms with Crippen molar-refractivity contribution in [3.63, 3.8) is 0 Å². The van der Waals surface area contributed by atoms with Gasteiger partial charge in [-0.1, -0.05) is 42.0 Å². The third-order valence-corrected chi connectivity index (χ3v) is 5.10. The van der Waals surface area contributed by atoms with Crippen LogP contribution in [0.25, 0.3) is 11.1 Å². The summed E-state index contributed by atoms with van der Waals surface area (Å²) >= 11 is 0. The average Bonchev–Trinajstić information content (AvgIpc) is 2.95. The predicted molar refractivity (Wildman–Crippen MR) is 98.8 cm³/mol. The van der Waals surface area contributed by atoms with Gasteiger partial charge >= 0.3 is 0 Å². The molecule has 0 saturated carbocycles. The lowest BCUT2D eigenvalue weighted by Crippen LogP contribution is -2.25. The fourth-order valence-corrected chi connectivity index (χ4v) is 3.74. The Kier molecular flexibility index (Phi) is 4.22. The monoisotopic (exact) mass is 331 g/mol. The van der Waals surface area contributed by atoms with E-state index in [1.807, 2.05) is 36.4 Å². The van der Waals surface area contributed by atoms with Gasteiger partial charge in [0.1, 0.15) is 0 Å². The number of amides is 1. The van der Waals surface area contributed by atoms with Crippen molar-refractivity contribution in [3.8, 4) is 11.1 Å². The smallest absolute Gasteiger partial charge is 0.251 e. The van der Waals surface area contributed by atoms with E-state index in [9.17, 15) is 9.59 Å². The molecule has 0 atom stereocenters. The first-order chi connectivity index (χ1) is 12.2. The first kappa shape index (κ1) is 15.8. The van der Waals surface area contributed by atoms with Crippen LogP contribution in [-0.2, 0) is 0 Å². The van der Waals surface area contributed by atoms with Crippen LogP contribution in [0, 0.1) is 0 Å². The van der Waals surface area contributed by atoms with E-state index < -0.39 is 0 Å². The normalized spacial score (nSPS) is 15.4. The van der Waals surface area contributed by atoms with Gasteiger partial charge in [-0.3, -0.25) is 9.59 Å². The second-order valence-electron chi connectivity index (χ2n) is 6.75. The molecule has 0 unspecified atom stereocenters. The van der Waals surface area contributed by atoms with Gasteiger partial charge in [-0.05, 0) is 55.4 Å². The van der Waals surface area contributed by atoms with Crippen LogP contribution in [0.5, 0.6) is 0 Å². The summed E-state index contributed by atoms with van der Waals surface area (Å²) in [4.78, 5) is 25.0. The number of rotatable bonds is 4. The minimum atomic E-state index is -0.108. The Morgan fingerprint density at radius 3 is 2.56 bits per heavy atom. The van der Waals surface area contributed by atoms with E-state index in [2.05, 4.69) is 11.4 Å². The van der Waals surface area contributed by atoms with Crippen molar-refractivity contribution in [2.45, 2.75) is 32.1 Å². The van der Waals surface area contributed by atoms with Gasteiger partial charge in [0.2, 0.25) is 0 Å². The van der Waals surface area contributed by atoms with E-state index >= 15 is 0 Å². The number of hydrogen-bond donors (Lipinski definition) is 1. The summed E-state index contributed by atoms with van der Waals surface area (Å²) in [5.74, 6) is -0.101. The lowest BCUT2D eigenvalue weighted by atomic mass is 9.97. The molecular formula is C22H21NO2. The van der Waals surface area contributed by atoms with Crippen molar-refractivity contribution in [1.29, 1.82) is 0 Å². The molecule has 2 aliphatic carbocycles. The van der Waals surface area contributed by atoms with Gasteiger partial charge in [0.15, 0.2) is 5.78 Å². The van der Waals surface area contributed by atoms with Crippen LogP contribution < -0.4 is 5.32 Å². The molecule has 0 saturated heterocycles. The van der Waals surface area contributed by atoms with Gasteiger partial charge in [-0.25, -0.2) is 0 Å². The van der Waals surface area contributed by atoms with Crippen LogP contribution in [0.15, 0.2) is 54.1 Å². The highest BCUT2D eigenvalue weighted by molar-refractivity contribution is 6.22. The topological polar surface area (TPSA) is 46.2 Å². The molecule has 0 radical (unpaired) electrons. The predicted octanol–water partition coefficient (Wildman–Crippen LogP) is 4.52. The highest BCUT2D eigenvalue weighted by Gasteiger charge is 2.26. The molecule has 4 rings (SSSR count). The summed E-state index contributed by atoms with van der Waals surface area (Å²) < 4.78 is 0. The summed E-state index contributed by atoms with van der Waals surface area (Å²) in [5, 5.41) is 2.98. The fraction of sp³-hybridized carbons (Fsp3) is 0.273. The number of allylic oxidation sites excluding steroid dienone is 1. The molecule has 126 valence electrons. The summed E-state index contributed by atoms with van der Waals surface area (Å²) in [6.45, 7) is 0.649. The van der Waals surface area contributed by atoms with E-state index in [0.717, 1.165) is 36.0 Å². The maximum Gasteiger partial charge on any atom is 0.251 e. The second kappa shape index (κ2) is 6.67. The van der Waals surface area contributed by atoms with Crippen LogP contribution in [0.1, 0.15) is 58.4 Å². The zero-order chi connectivity index (χ0) is 17.2. The Morgan fingerprint density at radius 2 is 1.76 bits per heavy atom. The standard InChI is InChI=1S/C22H21NO2/c24-21-19-9-5-4-8-17(19)18-11-10-16(14-20(18)21)22(25)23-13-12-15-6-2-1-3-7-15/h4-6,8-11,14H,1-3,7,12-13H2,(H,23,25). The molecule has 1 amide bonds. The Bertz CT molecular complexity index is 879. The molecule has 0 aliphatic heterocycles. The lowest BCUT2D eigenvalue weighted by Gasteiger charge is -2.13. The maximum absolute atomic E-state index is 12.5. The molecule has 3 nitrogen and oxygen atoms in total. The van der Waals surface area contributed by atoms with Gasteiger partial charge in [-0.15, -0.1) is 0 Å².